The van der Waals surface area contributed by atoms with Crippen molar-refractivity contribution in [1.82, 2.24) is 30.0 Å². The molecule has 0 aliphatic heterocycles. The van der Waals surface area contributed by atoms with E-state index in [2.05, 4.69) is 20.4 Å². The molecular formula is C26H20F6N6. The Morgan fingerprint density at radius 1 is 0.500 bits per heavy atom. The average Bonchev–Trinajstić information content (AvgIpc) is 3.53. The monoisotopic (exact) mass is 530 g/mol. The Hall–Kier alpha value is -4.22. The first kappa shape index (κ1) is 25.4. The molecule has 6 nitrogen and oxygen atoms in total. The van der Waals surface area contributed by atoms with Gasteiger partial charge in [0.1, 0.15) is 11.0 Å². The van der Waals surface area contributed by atoms with Crippen molar-refractivity contribution >= 4 is 11.0 Å². The molecule has 5 aromatic rings. The van der Waals surface area contributed by atoms with Gasteiger partial charge in [-0.3, -0.25) is 0 Å². The molecule has 2 heterocycles. The average molecular weight is 530 g/mol. The second-order valence-corrected chi connectivity index (χ2v) is 8.66. The van der Waals surface area contributed by atoms with Crippen LogP contribution in [0.15, 0.2) is 72.8 Å². The van der Waals surface area contributed by atoms with Gasteiger partial charge in [0.25, 0.3) is 0 Å². The zero-order valence-corrected chi connectivity index (χ0v) is 19.7. The third-order valence-corrected chi connectivity index (χ3v) is 5.98. The van der Waals surface area contributed by atoms with Gasteiger partial charge in [-0.25, -0.2) is 0 Å². The number of hydrogen-bond acceptors (Lipinski definition) is 4. The van der Waals surface area contributed by atoms with E-state index in [1.165, 1.54) is 33.9 Å². The minimum absolute atomic E-state index is 0.490. The van der Waals surface area contributed by atoms with Crippen LogP contribution in [0.1, 0.15) is 35.4 Å². The summed E-state index contributed by atoms with van der Waals surface area (Å²) < 4.78 is 74.8. The number of alkyl halides is 6. The van der Waals surface area contributed by atoms with E-state index in [-0.39, 0.29) is 0 Å². The maximum Gasteiger partial charge on any atom is 0.416 e. The Kier molecular flexibility index (Phi) is 6.64. The van der Waals surface area contributed by atoms with Crippen LogP contribution in [-0.2, 0) is 25.2 Å². The summed E-state index contributed by atoms with van der Waals surface area (Å²) >= 11 is 0. The van der Waals surface area contributed by atoms with Crippen molar-refractivity contribution in [3.63, 3.8) is 0 Å². The van der Waals surface area contributed by atoms with E-state index >= 15 is 0 Å². The van der Waals surface area contributed by atoms with E-state index in [0.717, 1.165) is 61.3 Å². The van der Waals surface area contributed by atoms with Crippen molar-refractivity contribution in [2.45, 2.75) is 38.0 Å². The first-order chi connectivity index (χ1) is 18.1. The van der Waals surface area contributed by atoms with E-state index in [4.69, 9.17) is 0 Å². The molecule has 0 spiro atoms. The van der Waals surface area contributed by atoms with Crippen LogP contribution in [0, 0.1) is 0 Å². The highest BCUT2D eigenvalue weighted by Gasteiger charge is 2.31. The molecule has 0 N–H and O–H groups in total. The van der Waals surface area contributed by atoms with Crippen LogP contribution in [0.5, 0.6) is 0 Å². The van der Waals surface area contributed by atoms with Crippen molar-refractivity contribution in [2.24, 2.45) is 0 Å². The Labute approximate surface area is 212 Å². The maximum atomic E-state index is 12.5. The zero-order valence-electron chi connectivity index (χ0n) is 19.7. The molecule has 12 heteroatoms. The molecule has 196 valence electrons. The molecule has 0 radical (unpaired) electrons. The van der Waals surface area contributed by atoms with E-state index < -0.39 is 23.5 Å². The van der Waals surface area contributed by atoms with E-state index in [9.17, 15) is 26.3 Å². The smallest absolute Gasteiger partial charge is 0.166 e. The van der Waals surface area contributed by atoms with E-state index in [1.807, 2.05) is 12.1 Å². The molecule has 6 rings (SSSR count). The molecule has 38 heavy (non-hydrogen) atoms. The Bertz CT molecular complexity index is 1480. The fourth-order valence-corrected chi connectivity index (χ4v) is 4.00. The summed E-state index contributed by atoms with van der Waals surface area (Å²) in [4.78, 5) is 2.75. The van der Waals surface area contributed by atoms with Crippen LogP contribution >= 0.6 is 0 Å². The Morgan fingerprint density at radius 2 is 0.868 bits per heavy atom. The number of hydrogen-bond donors (Lipinski definition) is 0. The Balaban J connectivity index is 0.000000155. The standard InChI is InChI=1S/C13H12F3N3.C13H8F3N3/c2*14-13(15,16)9-5-7-10(8-6-9)19-17-11-3-1-2-4-12(11)18-19/h5-8H,1-4H2;1-8H. The lowest BCUT2D eigenvalue weighted by molar-refractivity contribution is -0.138. The number of rotatable bonds is 2. The lowest BCUT2D eigenvalue weighted by atomic mass is 10.0. The molecule has 0 atom stereocenters. The highest BCUT2D eigenvalue weighted by Crippen LogP contribution is 2.30. The molecule has 0 fully saturated rings. The van der Waals surface area contributed by atoms with Crippen LogP contribution < -0.4 is 0 Å². The molecule has 2 aromatic heterocycles. The number of halogens is 6. The van der Waals surface area contributed by atoms with Crippen LogP contribution in [-0.4, -0.2) is 30.0 Å². The number of aryl methyl sites for hydroxylation is 2. The van der Waals surface area contributed by atoms with Crippen molar-refractivity contribution in [3.8, 4) is 11.4 Å². The second kappa shape index (κ2) is 9.92. The normalized spacial score (nSPS) is 13.6. The van der Waals surface area contributed by atoms with Crippen LogP contribution in [0.3, 0.4) is 0 Å². The van der Waals surface area contributed by atoms with Gasteiger partial charge in [-0.1, -0.05) is 12.1 Å². The van der Waals surface area contributed by atoms with Gasteiger partial charge >= 0.3 is 12.4 Å². The largest absolute Gasteiger partial charge is 0.416 e. The molecule has 3 aromatic carbocycles. The maximum absolute atomic E-state index is 12.5. The Morgan fingerprint density at radius 3 is 1.24 bits per heavy atom. The molecular weight excluding hydrogens is 510 g/mol. The molecule has 0 saturated carbocycles. The zero-order chi connectivity index (χ0) is 26.9. The summed E-state index contributed by atoms with van der Waals surface area (Å²) in [6, 6.07) is 16.9. The topological polar surface area (TPSA) is 61.4 Å². The number of aromatic nitrogens is 6. The van der Waals surface area contributed by atoms with Gasteiger partial charge in [0.2, 0.25) is 0 Å². The van der Waals surface area contributed by atoms with Crippen molar-refractivity contribution < 1.29 is 26.3 Å². The fraction of sp³-hybridized carbons (Fsp3) is 0.231. The number of benzene rings is 3. The molecule has 1 aliphatic rings. The van der Waals surface area contributed by atoms with E-state index in [1.54, 1.807) is 12.1 Å². The molecule has 1 aliphatic carbocycles. The number of nitrogens with zero attached hydrogens (tertiary/aromatic N) is 6. The minimum atomic E-state index is -4.33. The molecule has 0 saturated heterocycles. The molecule has 0 bridgehead atoms. The first-order valence-corrected chi connectivity index (χ1v) is 11.7. The lowest BCUT2D eigenvalue weighted by Crippen LogP contribution is -2.06. The van der Waals surface area contributed by atoms with Gasteiger partial charge in [-0.2, -0.15) is 46.1 Å². The fourth-order valence-electron chi connectivity index (χ4n) is 4.00. The summed E-state index contributed by atoms with van der Waals surface area (Å²) in [5.41, 5.74) is 3.02. The highest BCUT2D eigenvalue weighted by molar-refractivity contribution is 5.73. The minimum Gasteiger partial charge on any atom is -0.166 e. The van der Waals surface area contributed by atoms with Gasteiger partial charge in [-0.15, -0.1) is 10.2 Å². The molecule has 0 amide bonds. The van der Waals surface area contributed by atoms with Crippen LogP contribution in [0.4, 0.5) is 26.3 Å². The van der Waals surface area contributed by atoms with Crippen LogP contribution in [0.2, 0.25) is 0 Å². The van der Waals surface area contributed by atoms with Crippen molar-refractivity contribution in [1.29, 1.82) is 0 Å². The van der Waals surface area contributed by atoms with E-state index in [0.29, 0.717) is 22.4 Å². The lowest BCUT2D eigenvalue weighted by Gasteiger charge is -2.06. The predicted molar refractivity (Wildman–Crippen MR) is 127 cm³/mol. The van der Waals surface area contributed by atoms with Crippen molar-refractivity contribution in [2.75, 3.05) is 0 Å². The predicted octanol–water partition coefficient (Wildman–Crippen LogP) is 6.60. The third-order valence-electron chi connectivity index (χ3n) is 5.98. The van der Waals surface area contributed by atoms with Crippen LogP contribution in [0.25, 0.3) is 22.4 Å². The summed E-state index contributed by atoms with van der Waals surface area (Å²) in [5, 5.41) is 17.1. The van der Waals surface area contributed by atoms with Crippen molar-refractivity contribution in [3.05, 3.63) is 95.3 Å². The summed E-state index contributed by atoms with van der Waals surface area (Å²) in [6.45, 7) is 0. The second-order valence-electron chi connectivity index (χ2n) is 8.66. The highest BCUT2D eigenvalue weighted by atomic mass is 19.4. The quantitative estimate of drug-likeness (QED) is 0.241. The van der Waals surface area contributed by atoms with Gasteiger partial charge < -0.3 is 0 Å². The van der Waals surface area contributed by atoms with Gasteiger partial charge in [0.15, 0.2) is 0 Å². The van der Waals surface area contributed by atoms with Gasteiger partial charge in [-0.05, 0) is 86.3 Å². The number of fused-ring (bicyclic) bond motifs is 2. The van der Waals surface area contributed by atoms with Gasteiger partial charge in [0.05, 0.1) is 33.9 Å². The third kappa shape index (κ3) is 5.53. The van der Waals surface area contributed by atoms with Gasteiger partial charge in [0, 0.05) is 0 Å². The molecule has 0 unspecified atom stereocenters. The summed E-state index contributed by atoms with van der Waals surface area (Å²) in [6.07, 6.45) is -4.65. The summed E-state index contributed by atoms with van der Waals surface area (Å²) in [5.74, 6) is 0. The first-order valence-electron chi connectivity index (χ1n) is 11.7. The SMILES string of the molecule is FC(F)(F)c1ccc(-n2nc3c(n2)CCCC3)cc1.FC(F)(F)c1ccc(-n2nc3ccccc3n2)cc1. The summed E-state index contributed by atoms with van der Waals surface area (Å²) in [7, 11) is 0.